The molecule has 6 heteroatoms. The Morgan fingerprint density at radius 2 is 1.76 bits per heavy atom. The summed E-state index contributed by atoms with van der Waals surface area (Å²) in [6, 6.07) is 19.1. The number of nitrogens with zero attached hydrogens (tertiary/aromatic N) is 1. The zero-order valence-electron chi connectivity index (χ0n) is 15.6. The molecule has 144 valence electrons. The molecule has 0 saturated heterocycles. The van der Waals surface area contributed by atoms with Crippen molar-refractivity contribution in [3.8, 4) is 11.5 Å². The summed E-state index contributed by atoms with van der Waals surface area (Å²) in [7, 11) is 0. The molecule has 0 amide bonds. The summed E-state index contributed by atoms with van der Waals surface area (Å²) in [6.07, 6.45) is 1.72. The van der Waals surface area contributed by atoms with E-state index in [2.05, 4.69) is 0 Å². The van der Waals surface area contributed by atoms with Gasteiger partial charge in [-0.25, -0.2) is 0 Å². The predicted octanol–water partition coefficient (Wildman–Crippen LogP) is 5.10. The molecule has 0 unspecified atom stereocenters. The Morgan fingerprint density at radius 1 is 1.03 bits per heavy atom. The summed E-state index contributed by atoms with van der Waals surface area (Å²) in [6.45, 7) is 2.08. The van der Waals surface area contributed by atoms with Crippen LogP contribution in [0.4, 0.5) is 5.69 Å². The third-order valence-corrected chi connectivity index (χ3v) is 4.68. The average Bonchev–Trinajstić information content (AvgIpc) is 3.05. The number of carbonyl (C=O) groups excluding carboxylic acids is 1. The zero-order chi connectivity index (χ0) is 20.4. The second kappa shape index (κ2) is 7.59. The number of fused-ring (bicyclic) bond motifs is 1. The molecule has 0 saturated carbocycles. The van der Waals surface area contributed by atoms with Crippen LogP contribution in [0.15, 0.2) is 72.5 Å². The van der Waals surface area contributed by atoms with E-state index in [4.69, 9.17) is 9.47 Å². The Balaban J connectivity index is 1.53. The minimum atomic E-state index is -0.440. The fraction of sp³-hybridized carbons (Fsp3) is 0.0870. The minimum Gasteiger partial charge on any atom is -0.488 e. The first-order chi connectivity index (χ1) is 14.0. The van der Waals surface area contributed by atoms with E-state index in [-0.39, 0.29) is 23.8 Å². The summed E-state index contributed by atoms with van der Waals surface area (Å²) < 4.78 is 11.7. The third kappa shape index (κ3) is 3.73. The number of non-ortho nitro benzene ring substituents is 1. The van der Waals surface area contributed by atoms with Gasteiger partial charge in [0.25, 0.3) is 5.69 Å². The number of carbonyl (C=O) groups is 1. The maximum Gasteiger partial charge on any atom is 0.269 e. The van der Waals surface area contributed by atoms with Crippen LogP contribution in [-0.4, -0.2) is 10.7 Å². The van der Waals surface area contributed by atoms with E-state index in [0.717, 1.165) is 16.7 Å². The minimum absolute atomic E-state index is 0.0344. The predicted molar refractivity (Wildman–Crippen MR) is 108 cm³/mol. The molecule has 4 rings (SSSR count). The molecule has 3 aromatic rings. The van der Waals surface area contributed by atoms with Crippen molar-refractivity contribution in [3.05, 3.63) is 105 Å². The smallest absolute Gasteiger partial charge is 0.269 e. The lowest BCUT2D eigenvalue weighted by Gasteiger charge is -2.11. The average molecular weight is 387 g/mol. The Labute approximate surface area is 167 Å². The van der Waals surface area contributed by atoms with Crippen LogP contribution in [0.5, 0.6) is 11.5 Å². The highest BCUT2D eigenvalue weighted by Crippen LogP contribution is 2.39. The van der Waals surface area contributed by atoms with Crippen LogP contribution in [-0.2, 0) is 6.61 Å². The first-order valence-electron chi connectivity index (χ1n) is 9.02. The second-order valence-corrected chi connectivity index (χ2v) is 6.63. The summed E-state index contributed by atoms with van der Waals surface area (Å²) in [4.78, 5) is 22.9. The zero-order valence-corrected chi connectivity index (χ0v) is 15.6. The standard InChI is InChI=1S/C23H17NO5/c1-15-20(28-14-17-7-9-18(10-8-17)24(26)27)12-11-19-22(25)21(29-23(15)19)13-16-5-3-2-4-6-16/h2-13H,14H2,1H3/b21-13-. The number of hydrogen-bond acceptors (Lipinski definition) is 5. The topological polar surface area (TPSA) is 78.7 Å². The number of nitro benzene ring substituents is 1. The Morgan fingerprint density at radius 3 is 2.45 bits per heavy atom. The Kier molecular flexibility index (Phi) is 4.83. The number of nitro groups is 1. The summed E-state index contributed by atoms with van der Waals surface area (Å²) >= 11 is 0. The summed E-state index contributed by atoms with van der Waals surface area (Å²) in [5.41, 5.74) is 2.96. The van der Waals surface area contributed by atoms with Crippen molar-refractivity contribution in [1.82, 2.24) is 0 Å². The molecule has 0 spiro atoms. The van der Waals surface area contributed by atoms with Crippen molar-refractivity contribution in [2.24, 2.45) is 0 Å². The van der Waals surface area contributed by atoms with Crippen molar-refractivity contribution in [2.45, 2.75) is 13.5 Å². The lowest BCUT2D eigenvalue weighted by atomic mass is 10.1. The number of benzene rings is 3. The molecule has 0 atom stereocenters. The largest absolute Gasteiger partial charge is 0.488 e. The molecule has 0 N–H and O–H groups in total. The fourth-order valence-corrected chi connectivity index (χ4v) is 3.10. The van der Waals surface area contributed by atoms with Crippen molar-refractivity contribution in [3.63, 3.8) is 0 Å². The number of Topliss-reactive ketones (excluding diaryl/α,β-unsaturated/α-hetero) is 1. The van der Waals surface area contributed by atoms with Gasteiger partial charge in [0, 0.05) is 17.7 Å². The van der Waals surface area contributed by atoms with E-state index in [9.17, 15) is 14.9 Å². The maximum absolute atomic E-state index is 12.6. The quantitative estimate of drug-likeness (QED) is 0.346. The maximum atomic E-state index is 12.6. The van der Waals surface area contributed by atoms with E-state index in [0.29, 0.717) is 17.1 Å². The van der Waals surface area contributed by atoms with Crippen LogP contribution >= 0.6 is 0 Å². The van der Waals surface area contributed by atoms with Crippen molar-refractivity contribution in [2.75, 3.05) is 0 Å². The first-order valence-corrected chi connectivity index (χ1v) is 9.02. The van der Waals surface area contributed by atoms with E-state index in [1.807, 2.05) is 37.3 Å². The van der Waals surface area contributed by atoms with Crippen molar-refractivity contribution in [1.29, 1.82) is 0 Å². The van der Waals surface area contributed by atoms with Gasteiger partial charge in [-0.15, -0.1) is 0 Å². The van der Waals surface area contributed by atoms with E-state index in [1.165, 1.54) is 12.1 Å². The van der Waals surface area contributed by atoms with Crippen LogP contribution < -0.4 is 9.47 Å². The molecule has 0 fully saturated rings. The van der Waals surface area contributed by atoms with Crippen LogP contribution in [0.25, 0.3) is 6.08 Å². The van der Waals surface area contributed by atoms with E-state index >= 15 is 0 Å². The number of hydrogen-bond donors (Lipinski definition) is 0. The van der Waals surface area contributed by atoms with Crippen LogP contribution in [0.1, 0.15) is 27.0 Å². The van der Waals surface area contributed by atoms with E-state index < -0.39 is 4.92 Å². The van der Waals surface area contributed by atoms with Gasteiger partial charge in [0.05, 0.1) is 10.5 Å². The molecule has 1 heterocycles. The lowest BCUT2D eigenvalue weighted by molar-refractivity contribution is -0.384. The van der Waals surface area contributed by atoms with Crippen molar-refractivity contribution < 1.29 is 19.2 Å². The van der Waals surface area contributed by atoms with Gasteiger partial charge in [-0.1, -0.05) is 30.3 Å². The molecule has 1 aliphatic heterocycles. The lowest BCUT2D eigenvalue weighted by Crippen LogP contribution is -1.99. The molecule has 0 aliphatic carbocycles. The van der Waals surface area contributed by atoms with Gasteiger partial charge in [0.15, 0.2) is 5.76 Å². The van der Waals surface area contributed by atoms with Crippen LogP contribution in [0.3, 0.4) is 0 Å². The van der Waals surface area contributed by atoms with Gasteiger partial charge in [0.2, 0.25) is 5.78 Å². The first kappa shape index (κ1) is 18.4. The molecule has 0 bridgehead atoms. The van der Waals surface area contributed by atoms with Gasteiger partial charge in [-0.2, -0.15) is 0 Å². The Bertz CT molecular complexity index is 1120. The second-order valence-electron chi connectivity index (χ2n) is 6.63. The number of ketones is 1. The fourth-order valence-electron chi connectivity index (χ4n) is 3.10. The van der Waals surface area contributed by atoms with Gasteiger partial charge in [-0.3, -0.25) is 14.9 Å². The van der Waals surface area contributed by atoms with E-state index in [1.54, 1.807) is 30.3 Å². The molecule has 0 radical (unpaired) electrons. The van der Waals surface area contributed by atoms with Gasteiger partial charge < -0.3 is 9.47 Å². The highest BCUT2D eigenvalue weighted by molar-refractivity contribution is 6.14. The monoisotopic (exact) mass is 387 g/mol. The van der Waals surface area contributed by atoms with Gasteiger partial charge in [0.1, 0.15) is 18.1 Å². The van der Waals surface area contributed by atoms with Gasteiger partial charge in [-0.05, 0) is 48.4 Å². The molecule has 29 heavy (non-hydrogen) atoms. The normalized spacial score (nSPS) is 13.8. The Hall–Kier alpha value is -3.93. The SMILES string of the molecule is Cc1c(OCc2ccc([N+](=O)[O-])cc2)ccc2c1O/C(=C\c1ccccc1)C2=O. The number of ether oxygens (including phenoxy) is 2. The molecule has 6 nitrogen and oxygen atoms in total. The summed E-state index contributed by atoms with van der Waals surface area (Å²) in [5.74, 6) is 1.21. The molecular weight excluding hydrogens is 370 g/mol. The summed E-state index contributed by atoms with van der Waals surface area (Å²) in [5, 5.41) is 10.7. The number of rotatable bonds is 5. The van der Waals surface area contributed by atoms with Crippen LogP contribution in [0, 0.1) is 17.0 Å². The van der Waals surface area contributed by atoms with Crippen molar-refractivity contribution >= 4 is 17.5 Å². The number of allylic oxidation sites excluding steroid dienone is 1. The third-order valence-electron chi connectivity index (χ3n) is 4.68. The molecule has 3 aromatic carbocycles. The van der Waals surface area contributed by atoms with Crippen LogP contribution in [0.2, 0.25) is 0 Å². The highest BCUT2D eigenvalue weighted by atomic mass is 16.6. The molecule has 1 aliphatic rings. The molecular formula is C23H17NO5. The van der Waals surface area contributed by atoms with Gasteiger partial charge >= 0.3 is 0 Å². The highest BCUT2D eigenvalue weighted by Gasteiger charge is 2.30. The molecule has 0 aromatic heterocycles.